The molecule has 0 saturated carbocycles. The average Bonchev–Trinajstić information content (AvgIpc) is 3.68. The molecule has 3 heterocycles. The largest absolute Gasteiger partial charge is 0.455 e. The summed E-state index contributed by atoms with van der Waals surface area (Å²) in [4.78, 5) is 9.17. The third-order valence-electron chi connectivity index (χ3n) is 8.46. The first-order valence-electron chi connectivity index (χ1n) is 14.9. The molecule has 0 spiro atoms. The van der Waals surface area contributed by atoms with Crippen molar-refractivity contribution >= 4 is 61.9 Å². The summed E-state index contributed by atoms with van der Waals surface area (Å²) in [6.45, 7) is 5.94. The molecule has 0 atom stereocenters. The van der Waals surface area contributed by atoms with Crippen LogP contribution in [0.1, 0.15) is 18.1 Å². The van der Waals surface area contributed by atoms with Crippen LogP contribution in [0.15, 0.2) is 154 Å². The summed E-state index contributed by atoms with van der Waals surface area (Å²) < 4.78 is 12.4. The number of nitrogens with zero attached hydrogens (tertiary/aromatic N) is 2. The highest BCUT2D eigenvalue weighted by Crippen LogP contribution is 2.36. The molecule has 0 fully saturated rings. The smallest absolute Gasteiger partial charge is 0.144 e. The lowest BCUT2D eigenvalue weighted by molar-refractivity contribution is 0.667. The highest BCUT2D eigenvalue weighted by Gasteiger charge is 2.14. The number of fused-ring (bicyclic) bond motifs is 6. The van der Waals surface area contributed by atoms with Gasteiger partial charge < -0.3 is 8.83 Å². The summed E-state index contributed by atoms with van der Waals surface area (Å²) in [6, 6.07) is 41.3. The molecule has 0 saturated heterocycles. The molecule has 4 heteroatoms. The lowest BCUT2D eigenvalue weighted by Gasteiger charge is -2.07. The Morgan fingerprint density at radius 3 is 1.93 bits per heavy atom. The Hall–Kier alpha value is -6.00. The van der Waals surface area contributed by atoms with Gasteiger partial charge in [-0.3, -0.25) is 9.98 Å². The minimum Gasteiger partial charge on any atom is -0.455 e. The van der Waals surface area contributed by atoms with Crippen molar-refractivity contribution in [3.05, 3.63) is 151 Å². The predicted molar refractivity (Wildman–Crippen MR) is 187 cm³/mol. The fourth-order valence-corrected chi connectivity index (χ4v) is 6.08. The lowest BCUT2D eigenvalue weighted by atomic mass is 10.0. The van der Waals surface area contributed by atoms with Crippen molar-refractivity contribution < 1.29 is 8.83 Å². The van der Waals surface area contributed by atoms with Crippen LogP contribution in [0.4, 0.5) is 0 Å². The van der Waals surface area contributed by atoms with Crippen molar-refractivity contribution in [2.75, 3.05) is 0 Å². The fourth-order valence-electron chi connectivity index (χ4n) is 6.08. The van der Waals surface area contributed by atoms with E-state index in [1.807, 2.05) is 60.8 Å². The first-order valence-corrected chi connectivity index (χ1v) is 14.9. The molecule has 0 aliphatic heterocycles. The molecule has 0 N–H and O–H groups in total. The number of hydrogen-bond acceptors (Lipinski definition) is 4. The van der Waals surface area contributed by atoms with Crippen LogP contribution in [0.3, 0.4) is 0 Å². The van der Waals surface area contributed by atoms with Gasteiger partial charge in [-0.25, -0.2) is 0 Å². The maximum absolute atomic E-state index is 6.22. The second kappa shape index (κ2) is 10.9. The Balaban J connectivity index is 1.05. The van der Waals surface area contributed by atoms with Gasteiger partial charge in [0.1, 0.15) is 22.3 Å². The number of allylic oxidation sites excluding steroid dienone is 3. The molecule has 4 nitrogen and oxygen atoms in total. The van der Waals surface area contributed by atoms with Crippen molar-refractivity contribution in [2.24, 2.45) is 4.99 Å². The van der Waals surface area contributed by atoms with Crippen molar-refractivity contribution in [1.29, 1.82) is 0 Å². The maximum Gasteiger partial charge on any atom is 0.144 e. The van der Waals surface area contributed by atoms with Crippen molar-refractivity contribution in [3.8, 4) is 22.4 Å². The van der Waals surface area contributed by atoms with E-state index < -0.39 is 0 Å². The van der Waals surface area contributed by atoms with Crippen molar-refractivity contribution in [1.82, 2.24) is 4.98 Å². The lowest BCUT2D eigenvalue weighted by Crippen LogP contribution is -1.87. The monoisotopic (exact) mass is 580 g/mol. The normalized spacial score (nSPS) is 12.5. The Bertz CT molecular complexity index is 2440. The van der Waals surface area contributed by atoms with E-state index in [2.05, 4.69) is 97.5 Å². The Kier molecular flexibility index (Phi) is 6.46. The molecular formula is C41H28N2O2. The maximum atomic E-state index is 6.22. The van der Waals surface area contributed by atoms with E-state index >= 15 is 0 Å². The molecule has 8 aromatic rings. The van der Waals surface area contributed by atoms with E-state index in [1.54, 1.807) is 0 Å². The Labute approximate surface area is 260 Å². The van der Waals surface area contributed by atoms with Gasteiger partial charge in [-0.2, -0.15) is 0 Å². The second-order valence-electron chi connectivity index (χ2n) is 11.1. The zero-order valence-electron chi connectivity index (χ0n) is 24.7. The second-order valence-corrected chi connectivity index (χ2v) is 11.1. The zero-order chi connectivity index (χ0) is 30.3. The van der Waals surface area contributed by atoms with Crippen LogP contribution < -0.4 is 0 Å². The molecule has 0 radical (unpaired) electrons. The van der Waals surface area contributed by atoms with Gasteiger partial charge >= 0.3 is 0 Å². The van der Waals surface area contributed by atoms with E-state index in [0.29, 0.717) is 0 Å². The van der Waals surface area contributed by atoms with Gasteiger partial charge in [-0.05, 0) is 66.7 Å². The van der Waals surface area contributed by atoms with E-state index in [-0.39, 0.29) is 0 Å². The van der Waals surface area contributed by atoms with Crippen LogP contribution in [-0.4, -0.2) is 11.7 Å². The van der Waals surface area contributed by atoms with Crippen LogP contribution in [0, 0.1) is 0 Å². The van der Waals surface area contributed by atoms with Gasteiger partial charge in [-0.15, -0.1) is 0 Å². The molecule has 0 aliphatic carbocycles. The van der Waals surface area contributed by atoms with Gasteiger partial charge in [-0.1, -0.05) is 97.1 Å². The number of hydrogen-bond donors (Lipinski definition) is 0. The number of pyridine rings is 1. The molecule has 0 amide bonds. The SMILES string of the molecule is C=N/C(=C\C=C(/C)c1ccc(-c2ccc(-c3cccc4c3oc3ccccc34)nc2)cc1)c1cccc2c1oc1ccccc12. The molecule has 8 rings (SSSR count). The van der Waals surface area contributed by atoms with Crippen molar-refractivity contribution in [2.45, 2.75) is 6.92 Å². The molecule has 45 heavy (non-hydrogen) atoms. The minimum atomic E-state index is 0.764. The summed E-state index contributed by atoms with van der Waals surface area (Å²) in [5, 5.41) is 4.39. The molecule has 0 unspecified atom stereocenters. The average molecular weight is 581 g/mol. The van der Waals surface area contributed by atoms with Crippen LogP contribution in [0.5, 0.6) is 0 Å². The summed E-state index contributed by atoms with van der Waals surface area (Å²) in [5.74, 6) is 0. The molecule has 214 valence electrons. The predicted octanol–water partition coefficient (Wildman–Crippen LogP) is 11.4. The standard InChI is InChI=1S/C41H28N2O2/c1-26(17-23-36(42-2)34-13-7-11-32-30-9-3-5-15-38(30)44-40(32)34)27-18-20-28(21-19-27)29-22-24-37(43-25-29)35-14-8-12-33-31-10-4-6-16-39(31)45-41(33)35/h3-25H,2H2,1H3/b26-17+,36-23-. The molecular weight excluding hydrogens is 552 g/mol. The van der Waals surface area contributed by atoms with E-state index in [1.165, 1.54) is 0 Å². The fraction of sp³-hybridized carbons (Fsp3) is 0.0244. The molecule has 5 aromatic carbocycles. The van der Waals surface area contributed by atoms with Crippen LogP contribution in [-0.2, 0) is 0 Å². The van der Waals surface area contributed by atoms with E-state index in [4.69, 9.17) is 13.8 Å². The Morgan fingerprint density at radius 1 is 0.622 bits per heavy atom. The van der Waals surface area contributed by atoms with Gasteiger partial charge in [0, 0.05) is 44.4 Å². The summed E-state index contributed by atoms with van der Waals surface area (Å²) in [5.41, 5.74) is 11.4. The summed E-state index contributed by atoms with van der Waals surface area (Å²) in [7, 11) is 0. The number of aromatic nitrogens is 1. The summed E-state index contributed by atoms with van der Waals surface area (Å²) in [6.07, 6.45) is 6.01. The summed E-state index contributed by atoms with van der Waals surface area (Å²) >= 11 is 0. The van der Waals surface area contributed by atoms with Crippen LogP contribution >= 0.6 is 0 Å². The van der Waals surface area contributed by atoms with Gasteiger partial charge in [0.05, 0.1) is 11.4 Å². The van der Waals surface area contributed by atoms with Crippen LogP contribution in [0.2, 0.25) is 0 Å². The number of para-hydroxylation sites is 4. The first-order chi connectivity index (χ1) is 22.2. The van der Waals surface area contributed by atoms with Gasteiger partial charge in [0.15, 0.2) is 0 Å². The number of furan rings is 2. The molecule has 0 aliphatic rings. The third-order valence-corrected chi connectivity index (χ3v) is 8.46. The highest BCUT2D eigenvalue weighted by atomic mass is 16.3. The van der Waals surface area contributed by atoms with Crippen molar-refractivity contribution in [3.63, 3.8) is 0 Å². The third kappa shape index (κ3) is 4.64. The minimum absolute atomic E-state index is 0.764. The quantitative estimate of drug-likeness (QED) is 0.145. The molecule has 0 bridgehead atoms. The van der Waals surface area contributed by atoms with E-state index in [0.717, 1.165) is 88.7 Å². The number of aliphatic imine (C=N–C) groups is 1. The van der Waals surface area contributed by atoms with Gasteiger partial charge in [0.25, 0.3) is 0 Å². The zero-order valence-corrected chi connectivity index (χ0v) is 24.7. The Morgan fingerprint density at radius 2 is 1.24 bits per heavy atom. The molecule has 3 aromatic heterocycles. The number of benzene rings is 5. The van der Waals surface area contributed by atoms with Gasteiger partial charge in [0.2, 0.25) is 0 Å². The topological polar surface area (TPSA) is 51.5 Å². The van der Waals surface area contributed by atoms with Crippen LogP contribution in [0.25, 0.3) is 77.5 Å². The van der Waals surface area contributed by atoms with E-state index in [9.17, 15) is 0 Å². The highest BCUT2D eigenvalue weighted by molar-refractivity contribution is 6.09. The first kappa shape index (κ1) is 26.6. The number of rotatable bonds is 6.